The Labute approximate surface area is 167 Å². The maximum atomic E-state index is 12.6. The van der Waals surface area contributed by atoms with E-state index in [2.05, 4.69) is 19.5 Å². The molecule has 1 rings (SSSR count). The number of rotatable bonds is 8. The van der Waals surface area contributed by atoms with Crippen LogP contribution in [0.15, 0.2) is 24.3 Å². The minimum atomic E-state index is -1.48. The van der Waals surface area contributed by atoms with E-state index in [1.165, 1.54) is 38.3 Å². The molecule has 0 aliphatic rings. The number of nitrogens with one attached hydrogen (secondary N) is 1. The van der Waals surface area contributed by atoms with Crippen LogP contribution in [0.3, 0.4) is 0 Å². The summed E-state index contributed by atoms with van der Waals surface area (Å²) in [6.45, 7) is 1.39. The standard InChI is InChI=1S/C19H23NO9/c1-10(13(17(23)27-3)18(24)28-4)14(19(25)29-5)20-15(21)11-7-6-8-12(9-11)16(22)26-2/h6-10,13-14H,1-5H3,(H,20,21)/t10-,14-/m1/s1. The molecule has 0 saturated heterocycles. The zero-order valence-corrected chi connectivity index (χ0v) is 16.7. The fourth-order valence-corrected chi connectivity index (χ4v) is 2.63. The Morgan fingerprint density at radius 2 is 1.31 bits per heavy atom. The van der Waals surface area contributed by atoms with E-state index in [1.807, 2.05) is 0 Å². The van der Waals surface area contributed by atoms with Crippen molar-refractivity contribution in [2.24, 2.45) is 11.8 Å². The van der Waals surface area contributed by atoms with Crippen LogP contribution in [0, 0.1) is 11.8 Å². The van der Waals surface area contributed by atoms with Gasteiger partial charge in [-0.1, -0.05) is 13.0 Å². The van der Waals surface area contributed by atoms with Crippen LogP contribution in [0.4, 0.5) is 0 Å². The van der Waals surface area contributed by atoms with E-state index >= 15 is 0 Å². The van der Waals surface area contributed by atoms with Gasteiger partial charge in [-0.05, 0) is 18.2 Å². The summed E-state index contributed by atoms with van der Waals surface area (Å²) in [5.74, 6) is -6.65. The molecule has 1 aromatic carbocycles. The Balaban J connectivity index is 3.20. The smallest absolute Gasteiger partial charge is 0.337 e. The molecule has 158 valence electrons. The minimum absolute atomic E-state index is 0.0571. The Kier molecular flexibility index (Phi) is 8.78. The van der Waals surface area contributed by atoms with Crippen molar-refractivity contribution in [2.45, 2.75) is 13.0 Å². The van der Waals surface area contributed by atoms with Gasteiger partial charge in [0.2, 0.25) is 0 Å². The summed E-state index contributed by atoms with van der Waals surface area (Å²) in [7, 11) is 4.45. The molecule has 0 aromatic heterocycles. The lowest BCUT2D eigenvalue weighted by Crippen LogP contribution is -2.51. The first-order valence-electron chi connectivity index (χ1n) is 8.44. The molecule has 0 saturated carbocycles. The van der Waals surface area contributed by atoms with Gasteiger partial charge in [-0.2, -0.15) is 0 Å². The van der Waals surface area contributed by atoms with E-state index in [0.717, 1.165) is 21.3 Å². The van der Waals surface area contributed by atoms with Gasteiger partial charge in [0.25, 0.3) is 5.91 Å². The number of hydrogen-bond donors (Lipinski definition) is 1. The average molecular weight is 409 g/mol. The molecule has 10 heteroatoms. The molecule has 0 bridgehead atoms. The highest BCUT2D eigenvalue weighted by atomic mass is 16.5. The third-order valence-electron chi connectivity index (χ3n) is 4.25. The van der Waals surface area contributed by atoms with Crippen molar-refractivity contribution in [3.8, 4) is 0 Å². The average Bonchev–Trinajstić information content (AvgIpc) is 2.75. The highest BCUT2D eigenvalue weighted by molar-refractivity contribution is 6.00. The summed E-state index contributed by atoms with van der Waals surface area (Å²) >= 11 is 0. The number of carbonyl (C=O) groups excluding carboxylic acids is 5. The summed E-state index contributed by atoms with van der Waals surface area (Å²) in [4.78, 5) is 60.6. The Morgan fingerprint density at radius 3 is 1.79 bits per heavy atom. The Bertz CT molecular complexity index is 774. The molecule has 0 radical (unpaired) electrons. The highest BCUT2D eigenvalue weighted by Crippen LogP contribution is 2.21. The summed E-state index contributed by atoms with van der Waals surface area (Å²) in [5, 5.41) is 2.43. The summed E-state index contributed by atoms with van der Waals surface area (Å²) < 4.78 is 18.5. The Hall–Kier alpha value is -3.43. The van der Waals surface area contributed by atoms with E-state index in [1.54, 1.807) is 0 Å². The van der Waals surface area contributed by atoms with Gasteiger partial charge in [0.15, 0.2) is 5.92 Å². The van der Waals surface area contributed by atoms with Gasteiger partial charge < -0.3 is 24.3 Å². The molecule has 0 heterocycles. The number of hydrogen-bond acceptors (Lipinski definition) is 9. The molecule has 1 amide bonds. The Morgan fingerprint density at radius 1 is 0.793 bits per heavy atom. The van der Waals surface area contributed by atoms with Gasteiger partial charge in [0, 0.05) is 11.5 Å². The van der Waals surface area contributed by atoms with Gasteiger partial charge in [-0.25, -0.2) is 9.59 Å². The van der Waals surface area contributed by atoms with Crippen LogP contribution in [0.1, 0.15) is 27.6 Å². The van der Waals surface area contributed by atoms with Crippen LogP contribution in [-0.4, -0.2) is 64.3 Å². The van der Waals surface area contributed by atoms with E-state index in [4.69, 9.17) is 4.74 Å². The monoisotopic (exact) mass is 409 g/mol. The zero-order chi connectivity index (χ0) is 22.1. The second-order valence-electron chi connectivity index (χ2n) is 5.93. The van der Waals surface area contributed by atoms with Crippen molar-refractivity contribution in [1.29, 1.82) is 0 Å². The SMILES string of the molecule is COC(=O)c1cccc(C(=O)N[C@@H](C(=O)OC)[C@H](C)C(C(=O)OC)C(=O)OC)c1. The van der Waals surface area contributed by atoms with Crippen LogP contribution in [-0.2, 0) is 33.3 Å². The lowest BCUT2D eigenvalue weighted by atomic mass is 9.87. The molecule has 1 aromatic rings. The van der Waals surface area contributed by atoms with Crippen LogP contribution < -0.4 is 5.32 Å². The molecule has 10 nitrogen and oxygen atoms in total. The van der Waals surface area contributed by atoms with E-state index in [-0.39, 0.29) is 11.1 Å². The molecular weight excluding hydrogens is 386 g/mol. The maximum absolute atomic E-state index is 12.6. The first-order valence-corrected chi connectivity index (χ1v) is 8.44. The molecule has 0 unspecified atom stereocenters. The summed E-state index contributed by atoms with van der Waals surface area (Å²) in [6, 6.07) is 4.23. The van der Waals surface area contributed by atoms with Crippen molar-refractivity contribution in [3.05, 3.63) is 35.4 Å². The largest absolute Gasteiger partial charge is 0.468 e. The van der Waals surface area contributed by atoms with Crippen molar-refractivity contribution >= 4 is 29.8 Å². The molecule has 0 aliphatic heterocycles. The summed E-state index contributed by atoms with van der Waals surface area (Å²) in [6.07, 6.45) is 0. The van der Waals surface area contributed by atoms with Crippen molar-refractivity contribution < 1.29 is 42.9 Å². The van der Waals surface area contributed by atoms with Crippen LogP contribution in [0.25, 0.3) is 0 Å². The zero-order valence-electron chi connectivity index (χ0n) is 16.7. The number of ether oxygens (including phenoxy) is 4. The van der Waals surface area contributed by atoms with Gasteiger partial charge >= 0.3 is 23.9 Å². The van der Waals surface area contributed by atoms with E-state index in [0.29, 0.717) is 0 Å². The first kappa shape index (κ1) is 23.6. The van der Waals surface area contributed by atoms with Gasteiger partial charge in [-0.3, -0.25) is 14.4 Å². The van der Waals surface area contributed by atoms with Gasteiger partial charge in [0.1, 0.15) is 6.04 Å². The molecular formula is C19H23NO9. The number of benzene rings is 1. The fraction of sp³-hybridized carbons (Fsp3) is 0.421. The normalized spacial score (nSPS) is 12.3. The molecule has 0 fully saturated rings. The number of amides is 1. The summed E-state index contributed by atoms with van der Waals surface area (Å²) in [5.41, 5.74) is 0.187. The molecule has 2 atom stereocenters. The molecule has 0 aliphatic carbocycles. The number of esters is 4. The predicted molar refractivity (Wildman–Crippen MR) is 97.7 cm³/mol. The van der Waals surface area contributed by atoms with E-state index in [9.17, 15) is 24.0 Å². The number of methoxy groups -OCH3 is 4. The van der Waals surface area contributed by atoms with Gasteiger partial charge in [-0.15, -0.1) is 0 Å². The van der Waals surface area contributed by atoms with Gasteiger partial charge in [0.05, 0.1) is 34.0 Å². The first-order chi connectivity index (χ1) is 13.7. The minimum Gasteiger partial charge on any atom is -0.468 e. The van der Waals surface area contributed by atoms with Crippen LogP contribution in [0.2, 0.25) is 0 Å². The van der Waals surface area contributed by atoms with E-state index < -0.39 is 47.7 Å². The quantitative estimate of drug-likeness (QED) is 0.366. The van der Waals surface area contributed by atoms with Crippen molar-refractivity contribution in [3.63, 3.8) is 0 Å². The molecule has 1 N–H and O–H groups in total. The third kappa shape index (κ3) is 5.77. The lowest BCUT2D eigenvalue weighted by molar-refractivity contribution is -0.163. The topological polar surface area (TPSA) is 134 Å². The number of carbonyl (C=O) groups is 5. The second-order valence-corrected chi connectivity index (χ2v) is 5.93. The fourth-order valence-electron chi connectivity index (χ4n) is 2.63. The second kappa shape index (κ2) is 10.8. The predicted octanol–water partition coefficient (Wildman–Crippen LogP) is 0.343. The molecule has 0 spiro atoms. The lowest BCUT2D eigenvalue weighted by Gasteiger charge is -2.27. The molecule has 29 heavy (non-hydrogen) atoms. The third-order valence-corrected chi connectivity index (χ3v) is 4.25. The van der Waals surface area contributed by atoms with Crippen LogP contribution in [0.5, 0.6) is 0 Å². The van der Waals surface area contributed by atoms with Crippen molar-refractivity contribution in [1.82, 2.24) is 5.32 Å². The van der Waals surface area contributed by atoms with Crippen molar-refractivity contribution in [2.75, 3.05) is 28.4 Å². The highest BCUT2D eigenvalue weighted by Gasteiger charge is 2.42. The van der Waals surface area contributed by atoms with Crippen LogP contribution >= 0.6 is 0 Å². The maximum Gasteiger partial charge on any atom is 0.337 e.